The molecule has 2 atom stereocenters. The number of hydrogen-bond acceptors (Lipinski definition) is 9. The van der Waals surface area contributed by atoms with Gasteiger partial charge < -0.3 is 20.1 Å². The Hall–Kier alpha value is -4.62. The molecule has 0 spiro atoms. The van der Waals surface area contributed by atoms with E-state index in [2.05, 4.69) is 54.9 Å². The molecule has 3 aromatic heterocycles. The van der Waals surface area contributed by atoms with Gasteiger partial charge in [0.05, 0.1) is 31.1 Å². The average molecular weight is 656 g/mol. The van der Waals surface area contributed by atoms with E-state index in [0.717, 1.165) is 41.4 Å². The molecule has 13 heteroatoms. The van der Waals surface area contributed by atoms with Crippen LogP contribution in [0.3, 0.4) is 0 Å². The first kappa shape index (κ1) is 33.3. The van der Waals surface area contributed by atoms with Gasteiger partial charge in [0.25, 0.3) is 5.91 Å². The van der Waals surface area contributed by atoms with Gasteiger partial charge in [0.15, 0.2) is 5.65 Å². The number of anilines is 1. The number of fused-ring (bicyclic) bond motifs is 2. The van der Waals surface area contributed by atoms with Gasteiger partial charge in [-0.1, -0.05) is 58.9 Å². The Balaban J connectivity index is 1.13. The van der Waals surface area contributed by atoms with Gasteiger partial charge in [-0.2, -0.15) is 0 Å². The molecular formula is C35H45N9O4. The van der Waals surface area contributed by atoms with Crippen molar-refractivity contribution in [2.75, 3.05) is 44.7 Å². The quantitative estimate of drug-likeness (QED) is 0.232. The summed E-state index contributed by atoms with van der Waals surface area (Å²) in [5.41, 5.74) is 3.08. The number of carbonyl (C=O) groups is 2. The Morgan fingerprint density at radius 2 is 1.79 bits per heavy atom. The van der Waals surface area contributed by atoms with Crippen molar-refractivity contribution in [3.05, 3.63) is 77.1 Å². The molecule has 0 saturated carbocycles. The third kappa shape index (κ3) is 7.74. The summed E-state index contributed by atoms with van der Waals surface area (Å²) in [6.45, 7) is 14.4. The number of aromatic nitrogens is 5. The van der Waals surface area contributed by atoms with Gasteiger partial charge in [0.1, 0.15) is 23.5 Å². The molecule has 1 aliphatic carbocycles. The number of nitrogens with one attached hydrogen (secondary N) is 3. The molecule has 0 unspecified atom stereocenters. The zero-order chi connectivity index (χ0) is 33.8. The molecule has 1 aliphatic heterocycles. The predicted octanol–water partition coefficient (Wildman–Crippen LogP) is 4.78. The van der Waals surface area contributed by atoms with E-state index in [4.69, 9.17) is 9.47 Å². The SMILES string of the molecule is CC(C)c1nnc2ccc(O[C@@H]3CC[C@H](NC(=O)Nc4cc(C(C)(C)C)nc(C(=O)NCCN5CCOCC5)n4)c4ccccc43)cn12. The maximum Gasteiger partial charge on any atom is 0.320 e. The van der Waals surface area contributed by atoms with Gasteiger partial charge in [-0.3, -0.25) is 19.4 Å². The van der Waals surface area contributed by atoms with E-state index in [1.165, 1.54) is 0 Å². The van der Waals surface area contributed by atoms with Crippen molar-refractivity contribution in [3.8, 4) is 5.75 Å². The summed E-state index contributed by atoms with van der Waals surface area (Å²) in [5, 5.41) is 17.5. The number of carbonyl (C=O) groups excluding carboxylic acids is 2. The van der Waals surface area contributed by atoms with Gasteiger partial charge in [-0.25, -0.2) is 14.8 Å². The van der Waals surface area contributed by atoms with Crippen LogP contribution in [0.5, 0.6) is 5.75 Å². The molecule has 3 N–H and O–H groups in total. The monoisotopic (exact) mass is 655 g/mol. The molecule has 0 radical (unpaired) electrons. The number of pyridine rings is 1. The van der Waals surface area contributed by atoms with Gasteiger partial charge in [-0.05, 0) is 36.1 Å². The van der Waals surface area contributed by atoms with E-state index < -0.39 is 6.03 Å². The van der Waals surface area contributed by atoms with Crippen molar-refractivity contribution in [1.82, 2.24) is 40.1 Å². The number of rotatable bonds is 9. The lowest BCUT2D eigenvalue weighted by atomic mass is 9.85. The van der Waals surface area contributed by atoms with E-state index in [1.807, 2.05) is 67.8 Å². The summed E-state index contributed by atoms with van der Waals surface area (Å²) in [6.07, 6.45) is 3.14. The van der Waals surface area contributed by atoms with Crippen LogP contribution in [0.4, 0.5) is 10.6 Å². The first-order valence-electron chi connectivity index (χ1n) is 16.7. The first-order chi connectivity index (χ1) is 23.0. The van der Waals surface area contributed by atoms with Crippen molar-refractivity contribution in [1.29, 1.82) is 0 Å². The third-order valence-corrected chi connectivity index (χ3v) is 8.69. The summed E-state index contributed by atoms with van der Waals surface area (Å²) < 4.78 is 13.9. The van der Waals surface area contributed by atoms with Gasteiger partial charge >= 0.3 is 6.03 Å². The molecule has 1 fully saturated rings. The number of hydrogen-bond donors (Lipinski definition) is 3. The third-order valence-electron chi connectivity index (χ3n) is 8.69. The minimum atomic E-state index is -0.411. The number of amides is 3. The molecule has 1 saturated heterocycles. The lowest BCUT2D eigenvalue weighted by molar-refractivity contribution is 0.0383. The van der Waals surface area contributed by atoms with Crippen LogP contribution in [0.25, 0.3) is 5.65 Å². The zero-order valence-corrected chi connectivity index (χ0v) is 28.3. The number of ether oxygens (including phenoxy) is 2. The van der Waals surface area contributed by atoms with Crippen LogP contribution in [-0.2, 0) is 10.2 Å². The topological polar surface area (TPSA) is 148 Å². The number of morpholine rings is 1. The maximum atomic E-state index is 13.4. The lowest BCUT2D eigenvalue weighted by Crippen LogP contribution is -2.41. The second kappa shape index (κ2) is 14.2. The van der Waals surface area contributed by atoms with Crippen LogP contribution in [0, 0.1) is 0 Å². The van der Waals surface area contributed by atoms with Crippen LogP contribution < -0.4 is 20.7 Å². The molecule has 48 heavy (non-hydrogen) atoms. The van der Waals surface area contributed by atoms with Gasteiger partial charge in [0, 0.05) is 43.6 Å². The van der Waals surface area contributed by atoms with E-state index in [9.17, 15) is 9.59 Å². The smallest absolute Gasteiger partial charge is 0.320 e. The minimum Gasteiger partial charge on any atom is -0.484 e. The van der Waals surface area contributed by atoms with Crippen molar-refractivity contribution < 1.29 is 19.1 Å². The minimum absolute atomic E-state index is 0.0212. The zero-order valence-electron chi connectivity index (χ0n) is 28.3. The van der Waals surface area contributed by atoms with Crippen LogP contribution in [0.15, 0.2) is 48.7 Å². The number of benzene rings is 1. The fourth-order valence-electron chi connectivity index (χ4n) is 6.08. The Labute approximate surface area is 280 Å². The summed E-state index contributed by atoms with van der Waals surface area (Å²) >= 11 is 0. The van der Waals surface area contributed by atoms with Crippen molar-refractivity contribution in [3.63, 3.8) is 0 Å². The van der Waals surface area contributed by atoms with E-state index in [-0.39, 0.29) is 41.0 Å². The summed E-state index contributed by atoms with van der Waals surface area (Å²) in [4.78, 5) is 37.7. The normalized spacial score (nSPS) is 18.4. The molecule has 4 heterocycles. The van der Waals surface area contributed by atoms with Crippen molar-refractivity contribution >= 4 is 23.4 Å². The van der Waals surface area contributed by atoms with Crippen LogP contribution in [0.1, 0.15) is 98.8 Å². The Morgan fingerprint density at radius 1 is 1.02 bits per heavy atom. The predicted molar refractivity (Wildman–Crippen MR) is 181 cm³/mol. The molecular weight excluding hydrogens is 610 g/mol. The highest BCUT2D eigenvalue weighted by atomic mass is 16.5. The molecule has 3 amide bonds. The van der Waals surface area contributed by atoms with Gasteiger partial charge in [-0.15, -0.1) is 10.2 Å². The average Bonchev–Trinajstić information content (AvgIpc) is 3.49. The number of nitrogens with zero attached hydrogens (tertiary/aromatic N) is 6. The highest BCUT2D eigenvalue weighted by Gasteiger charge is 2.30. The maximum absolute atomic E-state index is 13.4. The summed E-state index contributed by atoms with van der Waals surface area (Å²) in [5.74, 6) is 1.74. The van der Waals surface area contributed by atoms with Crippen LogP contribution in [-0.4, -0.2) is 80.8 Å². The molecule has 13 nitrogen and oxygen atoms in total. The molecule has 6 rings (SSSR count). The number of urea groups is 1. The first-order valence-corrected chi connectivity index (χ1v) is 16.7. The van der Waals surface area contributed by atoms with Crippen molar-refractivity contribution in [2.45, 2.75) is 70.9 Å². The Morgan fingerprint density at radius 3 is 2.54 bits per heavy atom. The largest absolute Gasteiger partial charge is 0.484 e. The fourth-order valence-corrected chi connectivity index (χ4v) is 6.08. The highest BCUT2D eigenvalue weighted by molar-refractivity contribution is 5.92. The molecule has 254 valence electrons. The summed E-state index contributed by atoms with van der Waals surface area (Å²) in [6, 6.07) is 12.9. The van der Waals surface area contributed by atoms with Crippen LogP contribution >= 0.6 is 0 Å². The van der Waals surface area contributed by atoms with E-state index in [0.29, 0.717) is 44.8 Å². The Bertz CT molecular complexity index is 1760. The lowest BCUT2D eigenvalue weighted by Gasteiger charge is -2.32. The molecule has 0 bridgehead atoms. The fraction of sp³-hybridized carbons (Fsp3) is 0.486. The standard InChI is InChI=1S/C35H45N9O4/c1-22(2)32-42-41-30-13-10-23(21-44(30)32)48-27-12-11-26(24-8-6-7-9-25(24)27)37-34(46)40-29-20-28(35(3,4)5)38-31(39-29)33(45)36-14-15-43-16-18-47-19-17-43/h6-10,13,20-22,26-27H,11-12,14-19H2,1-5H3,(H,36,45)(H2,37,38,39,40,46)/t26-,27+/m0/s1. The van der Waals surface area contributed by atoms with Gasteiger partial charge in [0.2, 0.25) is 5.82 Å². The second-order valence-corrected chi connectivity index (χ2v) is 13.7. The Kier molecular flexibility index (Phi) is 9.88. The molecule has 2 aliphatic rings. The second-order valence-electron chi connectivity index (χ2n) is 13.7. The molecule has 4 aromatic rings. The van der Waals surface area contributed by atoms with E-state index >= 15 is 0 Å². The summed E-state index contributed by atoms with van der Waals surface area (Å²) in [7, 11) is 0. The van der Waals surface area contributed by atoms with Crippen molar-refractivity contribution in [2.24, 2.45) is 0 Å². The van der Waals surface area contributed by atoms with Crippen LogP contribution in [0.2, 0.25) is 0 Å². The highest BCUT2D eigenvalue weighted by Crippen LogP contribution is 2.39. The molecule has 1 aromatic carbocycles. The van der Waals surface area contributed by atoms with E-state index in [1.54, 1.807) is 6.07 Å².